The number of piperidine rings is 1. The Balaban J connectivity index is 1.99. The first-order valence-electron chi connectivity index (χ1n) is 6.84. The minimum absolute atomic E-state index is 0.198. The summed E-state index contributed by atoms with van der Waals surface area (Å²) in [4.78, 5) is 36.6. The second-order valence-electron chi connectivity index (χ2n) is 5.57. The molecule has 0 spiro atoms. The van der Waals surface area contributed by atoms with Crippen molar-refractivity contribution in [1.29, 1.82) is 0 Å². The number of carbonyl (C=O) groups is 3. The minimum Gasteiger partial charge on any atom is -0.343 e. The summed E-state index contributed by atoms with van der Waals surface area (Å²) >= 11 is 0. The van der Waals surface area contributed by atoms with E-state index in [4.69, 9.17) is 5.73 Å². The molecule has 0 aromatic carbocycles. The van der Waals surface area contributed by atoms with Crippen molar-refractivity contribution >= 4 is 17.7 Å². The Kier molecular flexibility index (Phi) is 3.89. The van der Waals surface area contributed by atoms with Crippen molar-refractivity contribution in [3.05, 3.63) is 0 Å². The van der Waals surface area contributed by atoms with Crippen LogP contribution in [0.3, 0.4) is 0 Å². The predicted octanol–water partition coefficient (Wildman–Crippen LogP) is -0.0884. The fraction of sp³-hybridized carbons (Fsp3) is 0.769. The van der Waals surface area contributed by atoms with Crippen LogP contribution in [-0.2, 0) is 14.4 Å². The molecule has 19 heavy (non-hydrogen) atoms. The topological polar surface area (TPSA) is 92.5 Å². The summed E-state index contributed by atoms with van der Waals surface area (Å²) in [6.07, 6.45) is 4.96. The Morgan fingerprint density at radius 3 is 2.58 bits per heavy atom. The van der Waals surface area contributed by atoms with Gasteiger partial charge in [-0.05, 0) is 19.3 Å². The second-order valence-corrected chi connectivity index (χ2v) is 5.57. The number of nitrogens with two attached hydrogens (primary N) is 1. The summed E-state index contributed by atoms with van der Waals surface area (Å²) in [6.45, 7) is 0. The molecule has 6 nitrogen and oxygen atoms in total. The average molecular weight is 267 g/mol. The van der Waals surface area contributed by atoms with Crippen molar-refractivity contribution in [3.63, 3.8) is 0 Å². The van der Waals surface area contributed by atoms with Crippen LogP contribution in [-0.4, -0.2) is 41.2 Å². The molecular weight excluding hydrogens is 246 g/mol. The van der Waals surface area contributed by atoms with E-state index >= 15 is 0 Å². The third kappa shape index (κ3) is 2.78. The lowest BCUT2D eigenvalue weighted by atomic mass is 9.81. The van der Waals surface area contributed by atoms with Gasteiger partial charge in [0.2, 0.25) is 11.8 Å². The molecule has 1 heterocycles. The van der Waals surface area contributed by atoms with Crippen LogP contribution in [0.15, 0.2) is 0 Å². The van der Waals surface area contributed by atoms with Crippen LogP contribution in [0.5, 0.6) is 0 Å². The minimum atomic E-state index is -0.849. The largest absolute Gasteiger partial charge is 0.343 e. The van der Waals surface area contributed by atoms with E-state index in [9.17, 15) is 14.4 Å². The molecule has 1 saturated heterocycles. The number of imide groups is 1. The smallest absolute Gasteiger partial charge is 0.251 e. The van der Waals surface area contributed by atoms with Crippen LogP contribution in [0, 0.1) is 0 Å². The molecule has 2 rings (SSSR count). The highest BCUT2D eigenvalue weighted by Crippen LogP contribution is 2.26. The van der Waals surface area contributed by atoms with Crippen molar-refractivity contribution in [2.75, 3.05) is 7.05 Å². The molecule has 6 heteroatoms. The molecule has 3 N–H and O–H groups in total. The van der Waals surface area contributed by atoms with Crippen molar-refractivity contribution in [2.45, 2.75) is 56.5 Å². The van der Waals surface area contributed by atoms with Gasteiger partial charge in [-0.2, -0.15) is 0 Å². The highest BCUT2D eigenvalue weighted by molar-refractivity contribution is 6.02. The normalized spacial score (nSPS) is 27.3. The zero-order valence-electron chi connectivity index (χ0n) is 11.3. The number of amides is 3. The quantitative estimate of drug-likeness (QED) is 0.684. The van der Waals surface area contributed by atoms with Gasteiger partial charge >= 0.3 is 0 Å². The second kappa shape index (κ2) is 5.28. The van der Waals surface area contributed by atoms with Gasteiger partial charge in [0.1, 0.15) is 6.04 Å². The lowest BCUT2D eigenvalue weighted by Gasteiger charge is -2.35. The Labute approximate surface area is 112 Å². The highest BCUT2D eigenvalue weighted by atomic mass is 16.2. The molecule has 0 radical (unpaired) electrons. The predicted molar refractivity (Wildman–Crippen MR) is 68.9 cm³/mol. The number of hydrogen-bond acceptors (Lipinski definition) is 4. The van der Waals surface area contributed by atoms with E-state index in [2.05, 4.69) is 5.32 Å². The lowest BCUT2D eigenvalue weighted by Crippen LogP contribution is -2.61. The summed E-state index contributed by atoms with van der Waals surface area (Å²) in [5.74, 6) is -0.798. The van der Waals surface area contributed by atoms with Crippen molar-refractivity contribution < 1.29 is 14.4 Å². The standard InChI is InChI=1S/C13H21N3O3/c1-16-10(17)6-5-9(11(16)18)15-12(19)13(14)7-3-2-4-8-13/h9H,2-8,14H2,1H3,(H,15,19). The molecule has 1 aliphatic heterocycles. The number of likely N-dealkylation sites (N-methyl/N-ethyl adjacent to an activating group) is 1. The average Bonchev–Trinajstić information content (AvgIpc) is 2.40. The first-order valence-corrected chi connectivity index (χ1v) is 6.84. The molecule has 1 unspecified atom stereocenters. The SMILES string of the molecule is CN1C(=O)CCC(NC(=O)C2(N)CCCCC2)C1=O. The number of hydrogen-bond donors (Lipinski definition) is 2. The van der Waals surface area contributed by atoms with Gasteiger partial charge in [0.15, 0.2) is 0 Å². The van der Waals surface area contributed by atoms with E-state index in [0.717, 1.165) is 24.2 Å². The number of nitrogens with one attached hydrogen (secondary N) is 1. The molecule has 2 fully saturated rings. The van der Waals surface area contributed by atoms with Crippen LogP contribution in [0.25, 0.3) is 0 Å². The lowest BCUT2D eigenvalue weighted by molar-refractivity contribution is -0.150. The molecule has 1 aliphatic carbocycles. The molecule has 0 bridgehead atoms. The zero-order valence-corrected chi connectivity index (χ0v) is 11.3. The highest BCUT2D eigenvalue weighted by Gasteiger charge is 2.39. The molecule has 1 saturated carbocycles. The van der Waals surface area contributed by atoms with Gasteiger partial charge < -0.3 is 11.1 Å². The van der Waals surface area contributed by atoms with Crippen LogP contribution in [0.4, 0.5) is 0 Å². The van der Waals surface area contributed by atoms with Gasteiger partial charge in [-0.1, -0.05) is 19.3 Å². The summed E-state index contributed by atoms with van der Waals surface area (Å²) in [7, 11) is 1.45. The molecule has 2 aliphatic rings. The molecule has 0 aromatic rings. The number of likely N-dealkylation sites (tertiary alicyclic amines) is 1. The first-order chi connectivity index (χ1) is 8.94. The Morgan fingerprint density at radius 2 is 1.95 bits per heavy atom. The van der Waals surface area contributed by atoms with Gasteiger partial charge in [-0.15, -0.1) is 0 Å². The van der Waals surface area contributed by atoms with E-state index in [1.165, 1.54) is 7.05 Å². The van der Waals surface area contributed by atoms with E-state index in [-0.39, 0.29) is 24.1 Å². The van der Waals surface area contributed by atoms with Crippen molar-refractivity contribution in [2.24, 2.45) is 5.73 Å². The molecule has 106 valence electrons. The fourth-order valence-electron chi connectivity index (χ4n) is 2.76. The van der Waals surface area contributed by atoms with Crippen LogP contribution >= 0.6 is 0 Å². The number of carbonyl (C=O) groups excluding carboxylic acids is 3. The number of nitrogens with zero attached hydrogens (tertiary/aromatic N) is 1. The maximum atomic E-state index is 12.2. The third-order valence-corrected chi connectivity index (χ3v) is 4.15. The third-order valence-electron chi connectivity index (χ3n) is 4.15. The van der Waals surface area contributed by atoms with Crippen LogP contribution in [0.2, 0.25) is 0 Å². The molecule has 0 aromatic heterocycles. The Morgan fingerprint density at radius 1 is 1.32 bits per heavy atom. The number of rotatable bonds is 2. The first kappa shape index (κ1) is 14.0. The van der Waals surface area contributed by atoms with Gasteiger partial charge in [0.25, 0.3) is 5.91 Å². The van der Waals surface area contributed by atoms with Crippen LogP contribution < -0.4 is 11.1 Å². The molecular formula is C13H21N3O3. The van der Waals surface area contributed by atoms with E-state index in [0.29, 0.717) is 19.3 Å². The van der Waals surface area contributed by atoms with Gasteiger partial charge in [-0.3, -0.25) is 19.3 Å². The maximum Gasteiger partial charge on any atom is 0.251 e. The van der Waals surface area contributed by atoms with Gasteiger partial charge in [-0.25, -0.2) is 0 Å². The molecule has 3 amide bonds. The van der Waals surface area contributed by atoms with Crippen LogP contribution in [0.1, 0.15) is 44.9 Å². The molecule has 1 atom stereocenters. The van der Waals surface area contributed by atoms with Gasteiger partial charge in [0.05, 0.1) is 5.54 Å². The Hall–Kier alpha value is -1.43. The maximum absolute atomic E-state index is 12.2. The fourth-order valence-corrected chi connectivity index (χ4v) is 2.76. The van der Waals surface area contributed by atoms with E-state index in [1.807, 2.05) is 0 Å². The van der Waals surface area contributed by atoms with E-state index < -0.39 is 11.6 Å². The van der Waals surface area contributed by atoms with E-state index in [1.54, 1.807) is 0 Å². The Bertz CT molecular complexity index is 402. The monoisotopic (exact) mass is 267 g/mol. The van der Waals surface area contributed by atoms with Crippen molar-refractivity contribution in [1.82, 2.24) is 10.2 Å². The zero-order chi connectivity index (χ0) is 14.0. The van der Waals surface area contributed by atoms with Gasteiger partial charge in [0, 0.05) is 13.5 Å². The summed E-state index contributed by atoms with van der Waals surface area (Å²) in [6, 6.07) is -0.613. The van der Waals surface area contributed by atoms with Crippen molar-refractivity contribution in [3.8, 4) is 0 Å². The summed E-state index contributed by atoms with van der Waals surface area (Å²) in [5, 5.41) is 2.72. The summed E-state index contributed by atoms with van der Waals surface area (Å²) in [5.41, 5.74) is 5.27. The summed E-state index contributed by atoms with van der Waals surface area (Å²) < 4.78 is 0.